The summed E-state index contributed by atoms with van der Waals surface area (Å²) in [5.74, 6) is 0. The molecule has 0 aromatic carbocycles. The maximum absolute atomic E-state index is 5.83. The van der Waals surface area contributed by atoms with E-state index >= 15 is 0 Å². The summed E-state index contributed by atoms with van der Waals surface area (Å²) in [4.78, 5) is 0. The fourth-order valence-corrected chi connectivity index (χ4v) is 1.87. The molecule has 15 heavy (non-hydrogen) atoms. The van der Waals surface area contributed by atoms with E-state index < -0.39 is 9.46 Å². The highest BCUT2D eigenvalue weighted by Gasteiger charge is 2.51. The third kappa shape index (κ3) is 3.26. The van der Waals surface area contributed by atoms with Crippen molar-refractivity contribution in [1.82, 2.24) is 0 Å². The Bertz CT molecular complexity index is 247. The Morgan fingerprint density at radius 1 is 1.00 bits per heavy atom. The molecule has 4 nitrogen and oxygen atoms in total. The smallest absolute Gasteiger partial charge is 0.130 e. The van der Waals surface area contributed by atoms with Crippen LogP contribution in [-0.4, -0.2) is 9.46 Å². The van der Waals surface area contributed by atoms with Gasteiger partial charge in [-0.05, 0) is 16.9 Å². The minimum absolute atomic E-state index is 0.566. The van der Waals surface area contributed by atoms with Gasteiger partial charge in [0.25, 0.3) is 0 Å². The average molecular weight is 272 g/mol. The zero-order valence-corrected chi connectivity index (χ0v) is 10.7. The van der Waals surface area contributed by atoms with Crippen molar-refractivity contribution < 1.29 is 0 Å². The standard InChI is InChI=1S/C8H13Cl3N4/c1-2-3-4-5-6-7(8(9,10)11)12-14-15-13-7/h2-6H2,1H3. The van der Waals surface area contributed by atoms with Gasteiger partial charge in [0.05, 0.1) is 0 Å². The summed E-state index contributed by atoms with van der Waals surface area (Å²) < 4.78 is -1.58. The molecule has 0 saturated carbocycles. The molecule has 0 aromatic rings. The van der Waals surface area contributed by atoms with E-state index in [1.54, 1.807) is 0 Å². The summed E-state index contributed by atoms with van der Waals surface area (Å²) >= 11 is 17.5. The van der Waals surface area contributed by atoms with E-state index in [0.717, 1.165) is 25.7 Å². The number of rotatable bonds is 5. The van der Waals surface area contributed by atoms with Crippen LogP contribution in [-0.2, 0) is 0 Å². The summed E-state index contributed by atoms with van der Waals surface area (Å²) in [6.07, 6.45) is 4.86. The lowest BCUT2D eigenvalue weighted by Crippen LogP contribution is -2.37. The minimum atomic E-state index is -1.58. The van der Waals surface area contributed by atoms with Crippen LogP contribution in [0.2, 0.25) is 0 Å². The normalized spacial score (nSPS) is 18.7. The predicted octanol–water partition coefficient (Wildman–Crippen LogP) is 4.86. The van der Waals surface area contributed by atoms with E-state index in [9.17, 15) is 0 Å². The van der Waals surface area contributed by atoms with Crippen molar-refractivity contribution in [2.24, 2.45) is 20.7 Å². The molecule has 0 radical (unpaired) electrons. The maximum Gasteiger partial charge on any atom is 0.241 e. The third-order valence-corrected chi connectivity index (χ3v) is 3.20. The Labute approximate surface area is 104 Å². The number of unbranched alkanes of at least 4 members (excludes halogenated alkanes) is 3. The van der Waals surface area contributed by atoms with Gasteiger partial charge in [-0.25, -0.2) is 0 Å². The van der Waals surface area contributed by atoms with Crippen molar-refractivity contribution >= 4 is 34.8 Å². The van der Waals surface area contributed by atoms with Crippen molar-refractivity contribution in [3.63, 3.8) is 0 Å². The van der Waals surface area contributed by atoms with E-state index in [1.807, 2.05) is 0 Å². The Morgan fingerprint density at radius 3 is 2.07 bits per heavy atom. The van der Waals surface area contributed by atoms with Crippen LogP contribution in [0, 0.1) is 0 Å². The van der Waals surface area contributed by atoms with Gasteiger partial charge in [-0.3, -0.25) is 0 Å². The second kappa shape index (κ2) is 5.41. The zero-order chi connectivity index (χ0) is 11.4. The molecule has 0 amide bonds. The molecule has 7 heteroatoms. The first kappa shape index (κ1) is 13.1. The zero-order valence-electron chi connectivity index (χ0n) is 8.46. The van der Waals surface area contributed by atoms with E-state index in [-0.39, 0.29) is 0 Å². The highest BCUT2D eigenvalue weighted by molar-refractivity contribution is 6.68. The largest absolute Gasteiger partial charge is 0.241 e. The van der Waals surface area contributed by atoms with E-state index in [2.05, 4.69) is 27.6 Å². The summed E-state index contributed by atoms with van der Waals surface area (Å²) in [6, 6.07) is 0. The SMILES string of the molecule is CCCCCCC1(C(Cl)(Cl)Cl)N=NN=N1. The summed E-state index contributed by atoms with van der Waals surface area (Å²) in [5.41, 5.74) is -1.11. The van der Waals surface area contributed by atoms with Crippen LogP contribution < -0.4 is 0 Å². The topological polar surface area (TPSA) is 49.4 Å². The second-order valence-corrected chi connectivity index (χ2v) is 5.79. The van der Waals surface area contributed by atoms with E-state index in [4.69, 9.17) is 34.8 Å². The van der Waals surface area contributed by atoms with Crippen LogP contribution in [0.15, 0.2) is 20.7 Å². The molecule has 0 bridgehead atoms. The number of nitrogens with zero attached hydrogens (tertiary/aromatic N) is 4. The molecule has 1 aliphatic rings. The van der Waals surface area contributed by atoms with Crippen molar-refractivity contribution in [2.45, 2.75) is 48.5 Å². The molecular formula is C8H13Cl3N4. The van der Waals surface area contributed by atoms with Gasteiger partial charge in [0.15, 0.2) is 0 Å². The molecule has 0 spiro atoms. The Morgan fingerprint density at radius 2 is 1.60 bits per heavy atom. The lowest BCUT2D eigenvalue weighted by Gasteiger charge is -2.26. The molecule has 0 saturated heterocycles. The Balaban J connectivity index is 2.53. The van der Waals surface area contributed by atoms with Gasteiger partial charge >= 0.3 is 0 Å². The van der Waals surface area contributed by atoms with E-state index in [1.165, 1.54) is 0 Å². The number of alkyl halides is 3. The maximum atomic E-state index is 5.83. The van der Waals surface area contributed by atoms with Gasteiger partial charge < -0.3 is 0 Å². The fourth-order valence-electron chi connectivity index (χ4n) is 1.36. The molecule has 0 aromatic heterocycles. The number of halogens is 3. The predicted molar refractivity (Wildman–Crippen MR) is 61.5 cm³/mol. The van der Waals surface area contributed by atoms with Crippen molar-refractivity contribution in [2.75, 3.05) is 0 Å². The molecule has 1 aliphatic heterocycles. The van der Waals surface area contributed by atoms with Crippen LogP contribution in [0.5, 0.6) is 0 Å². The lowest BCUT2D eigenvalue weighted by molar-refractivity contribution is 0.393. The second-order valence-electron chi connectivity index (χ2n) is 3.50. The first-order valence-electron chi connectivity index (χ1n) is 4.92. The molecule has 0 fully saturated rings. The summed E-state index contributed by atoms with van der Waals surface area (Å²) in [5, 5.41) is 14.5. The van der Waals surface area contributed by atoms with E-state index in [0.29, 0.717) is 6.42 Å². The summed E-state index contributed by atoms with van der Waals surface area (Å²) in [6.45, 7) is 2.14. The van der Waals surface area contributed by atoms with Gasteiger partial charge in [0.1, 0.15) is 0 Å². The Hall–Kier alpha value is 0.0700. The van der Waals surface area contributed by atoms with Crippen LogP contribution in [0.1, 0.15) is 39.0 Å². The monoisotopic (exact) mass is 270 g/mol. The number of hydrogen-bond acceptors (Lipinski definition) is 4. The van der Waals surface area contributed by atoms with Crippen molar-refractivity contribution in [3.8, 4) is 0 Å². The lowest BCUT2D eigenvalue weighted by atomic mass is 10.0. The van der Waals surface area contributed by atoms with Gasteiger partial charge in [-0.2, -0.15) is 0 Å². The Kier molecular flexibility index (Phi) is 4.74. The average Bonchev–Trinajstić information content (AvgIpc) is 2.61. The van der Waals surface area contributed by atoms with Crippen LogP contribution in [0.3, 0.4) is 0 Å². The summed E-state index contributed by atoms with van der Waals surface area (Å²) in [7, 11) is 0. The van der Waals surface area contributed by atoms with Gasteiger partial charge in [0, 0.05) is 6.42 Å². The minimum Gasteiger partial charge on any atom is -0.130 e. The van der Waals surface area contributed by atoms with Crippen LogP contribution in [0.25, 0.3) is 0 Å². The van der Waals surface area contributed by atoms with Gasteiger partial charge in [-0.1, -0.05) is 61.0 Å². The van der Waals surface area contributed by atoms with Crippen LogP contribution >= 0.6 is 34.8 Å². The molecule has 0 aliphatic carbocycles. The highest BCUT2D eigenvalue weighted by Crippen LogP contribution is 2.47. The van der Waals surface area contributed by atoms with Crippen molar-refractivity contribution in [1.29, 1.82) is 0 Å². The number of hydrogen-bond donors (Lipinski definition) is 0. The molecule has 86 valence electrons. The molecule has 0 unspecified atom stereocenters. The molecule has 1 heterocycles. The molecule has 1 rings (SSSR count). The quantitative estimate of drug-likeness (QED) is 0.507. The molecular weight excluding hydrogens is 258 g/mol. The van der Waals surface area contributed by atoms with Crippen molar-refractivity contribution in [3.05, 3.63) is 0 Å². The first-order chi connectivity index (χ1) is 7.02. The fraction of sp³-hybridized carbons (Fsp3) is 1.00. The van der Waals surface area contributed by atoms with Gasteiger partial charge in [0.2, 0.25) is 9.46 Å². The highest BCUT2D eigenvalue weighted by atomic mass is 35.6. The molecule has 0 atom stereocenters. The van der Waals surface area contributed by atoms with Crippen LogP contribution in [0.4, 0.5) is 0 Å². The molecule has 0 N–H and O–H groups in total. The first-order valence-corrected chi connectivity index (χ1v) is 6.06. The van der Waals surface area contributed by atoms with Gasteiger partial charge in [-0.15, -0.1) is 10.2 Å². The third-order valence-electron chi connectivity index (χ3n) is 2.29.